The van der Waals surface area contributed by atoms with Gasteiger partial charge in [0.2, 0.25) is 0 Å². The summed E-state index contributed by atoms with van der Waals surface area (Å²) in [4.78, 5) is 23.3. The number of alkyl carbamates (subject to hydrolysis) is 1. The highest BCUT2D eigenvalue weighted by atomic mass is 19.2. The lowest BCUT2D eigenvalue weighted by atomic mass is 10.1. The van der Waals surface area contributed by atoms with Crippen LogP contribution < -0.4 is 10.1 Å². The van der Waals surface area contributed by atoms with Crippen LogP contribution >= 0.6 is 0 Å². The number of hydrogen-bond donors (Lipinski definition) is 1. The van der Waals surface area contributed by atoms with Gasteiger partial charge in [-0.1, -0.05) is 0 Å². The molecule has 1 aromatic carbocycles. The number of nitrogens with one attached hydrogen (secondary N) is 1. The van der Waals surface area contributed by atoms with Crippen LogP contribution in [0.1, 0.15) is 36.7 Å². The van der Waals surface area contributed by atoms with Gasteiger partial charge in [0.1, 0.15) is 23.0 Å². The van der Waals surface area contributed by atoms with Gasteiger partial charge in [0.25, 0.3) is 0 Å². The number of rotatable bonds is 3. The minimum Gasteiger partial charge on any atom is -0.487 e. The van der Waals surface area contributed by atoms with Crippen molar-refractivity contribution in [2.75, 3.05) is 13.7 Å². The van der Waals surface area contributed by atoms with Gasteiger partial charge in [-0.05, 0) is 26.8 Å². The number of hydrogen-bond acceptors (Lipinski definition) is 5. The average molecular weight is 343 g/mol. The predicted octanol–water partition coefficient (Wildman–Crippen LogP) is 2.58. The van der Waals surface area contributed by atoms with Gasteiger partial charge in [-0.2, -0.15) is 0 Å². The zero-order valence-electron chi connectivity index (χ0n) is 13.9. The third-order valence-electron chi connectivity index (χ3n) is 3.24. The summed E-state index contributed by atoms with van der Waals surface area (Å²) in [5.41, 5.74) is -0.883. The second-order valence-corrected chi connectivity index (χ2v) is 6.35. The van der Waals surface area contributed by atoms with Crippen LogP contribution in [0.15, 0.2) is 6.07 Å². The fourth-order valence-corrected chi connectivity index (χ4v) is 2.31. The van der Waals surface area contributed by atoms with Crippen LogP contribution in [0.5, 0.6) is 5.75 Å². The maximum atomic E-state index is 13.9. The monoisotopic (exact) mass is 343 g/mol. The molecule has 0 aliphatic carbocycles. The molecule has 2 rings (SSSR count). The lowest BCUT2D eigenvalue weighted by molar-refractivity contribution is 0.0500. The molecule has 0 spiro atoms. The first-order chi connectivity index (χ1) is 11.1. The lowest BCUT2D eigenvalue weighted by Gasteiger charge is -2.20. The number of halogens is 2. The SMILES string of the molecule is COC(=O)c1c(F)c(F)cc2c1OC(CNC(=O)OC(C)(C)C)C2. The first kappa shape index (κ1) is 18.0. The highest BCUT2D eigenvalue weighted by Crippen LogP contribution is 2.36. The number of fused-ring (bicyclic) bond motifs is 1. The van der Waals surface area contributed by atoms with E-state index in [1.165, 1.54) is 0 Å². The molecule has 6 nitrogen and oxygen atoms in total. The molecule has 0 saturated heterocycles. The summed E-state index contributed by atoms with van der Waals surface area (Å²) in [7, 11) is 1.07. The van der Waals surface area contributed by atoms with Crippen molar-refractivity contribution < 1.29 is 32.6 Å². The molecule has 24 heavy (non-hydrogen) atoms. The van der Waals surface area contributed by atoms with Crippen LogP contribution in [0.2, 0.25) is 0 Å². The molecular formula is C16H19F2NO5. The molecule has 1 unspecified atom stereocenters. The lowest BCUT2D eigenvalue weighted by Crippen LogP contribution is -2.38. The van der Waals surface area contributed by atoms with Crippen molar-refractivity contribution in [3.8, 4) is 5.75 Å². The summed E-state index contributed by atoms with van der Waals surface area (Å²) in [6.45, 7) is 5.24. The normalized spacial score (nSPS) is 16.2. The largest absolute Gasteiger partial charge is 0.487 e. The third-order valence-corrected chi connectivity index (χ3v) is 3.24. The second kappa shape index (κ2) is 6.62. The van der Waals surface area contributed by atoms with Crippen LogP contribution in [0, 0.1) is 11.6 Å². The zero-order chi connectivity index (χ0) is 18.1. The van der Waals surface area contributed by atoms with E-state index in [0.29, 0.717) is 5.56 Å². The number of methoxy groups -OCH3 is 1. The van der Waals surface area contributed by atoms with Gasteiger partial charge in [0.15, 0.2) is 11.6 Å². The summed E-state index contributed by atoms with van der Waals surface area (Å²) in [6.07, 6.45) is -0.989. The molecular weight excluding hydrogens is 324 g/mol. The Morgan fingerprint density at radius 1 is 1.38 bits per heavy atom. The summed E-state index contributed by atoms with van der Waals surface area (Å²) in [6, 6.07) is 0.977. The van der Waals surface area contributed by atoms with Gasteiger partial charge in [-0.3, -0.25) is 0 Å². The Morgan fingerprint density at radius 3 is 2.62 bits per heavy atom. The van der Waals surface area contributed by atoms with E-state index in [1.807, 2.05) is 0 Å². The van der Waals surface area contributed by atoms with Gasteiger partial charge in [-0.25, -0.2) is 18.4 Å². The van der Waals surface area contributed by atoms with Crippen molar-refractivity contribution in [1.82, 2.24) is 5.32 Å². The second-order valence-electron chi connectivity index (χ2n) is 6.35. The fraction of sp³-hybridized carbons (Fsp3) is 0.500. The van der Waals surface area contributed by atoms with Crippen molar-refractivity contribution in [3.63, 3.8) is 0 Å². The van der Waals surface area contributed by atoms with Crippen LogP contribution in [0.3, 0.4) is 0 Å². The van der Waals surface area contributed by atoms with E-state index in [2.05, 4.69) is 10.1 Å². The maximum Gasteiger partial charge on any atom is 0.407 e. The maximum absolute atomic E-state index is 13.9. The Bertz CT molecular complexity index is 669. The number of carbonyl (C=O) groups is 2. The minimum absolute atomic E-state index is 0.0586. The Hall–Kier alpha value is -2.38. The standard InChI is InChI=1S/C16H19F2NO5/c1-16(2,3)24-15(21)19-7-9-5-8-6-10(17)12(18)11(13(8)23-9)14(20)22-4/h6,9H,5,7H2,1-4H3,(H,19,21). The quantitative estimate of drug-likeness (QED) is 0.854. The van der Waals surface area contributed by atoms with Gasteiger partial charge in [0.05, 0.1) is 13.7 Å². The summed E-state index contributed by atoms with van der Waals surface area (Å²) in [5.74, 6) is -3.56. The van der Waals surface area contributed by atoms with Crippen molar-refractivity contribution in [2.45, 2.75) is 38.9 Å². The number of carbonyl (C=O) groups excluding carboxylic acids is 2. The van der Waals surface area contributed by atoms with E-state index >= 15 is 0 Å². The van der Waals surface area contributed by atoms with Crippen LogP contribution in [-0.4, -0.2) is 37.4 Å². The molecule has 1 atom stereocenters. The number of ether oxygens (including phenoxy) is 3. The predicted molar refractivity (Wildman–Crippen MR) is 80.1 cm³/mol. The number of benzene rings is 1. The van der Waals surface area contributed by atoms with Gasteiger partial charge in [0, 0.05) is 12.0 Å². The molecule has 0 fully saturated rings. The molecule has 0 radical (unpaired) electrons. The van der Waals surface area contributed by atoms with E-state index in [4.69, 9.17) is 9.47 Å². The Balaban J connectivity index is 2.10. The van der Waals surface area contributed by atoms with Crippen LogP contribution in [0.4, 0.5) is 13.6 Å². The first-order valence-electron chi connectivity index (χ1n) is 7.35. The van der Waals surface area contributed by atoms with Crippen molar-refractivity contribution in [1.29, 1.82) is 0 Å². The van der Waals surface area contributed by atoms with Crippen molar-refractivity contribution in [3.05, 3.63) is 28.8 Å². The third kappa shape index (κ3) is 3.93. The Morgan fingerprint density at radius 2 is 2.04 bits per heavy atom. The molecule has 1 aliphatic rings. The molecule has 132 valence electrons. The fourth-order valence-electron chi connectivity index (χ4n) is 2.31. The number of esters is 1. The average Bonchev–Trinajstić information content (AvgIpc) is 2.86. The van der Waals surface area contributed by atoms with E-state index in [0.717, 1.165) is 13.2 Å². The van der Waals surface area contributed by atoms with Gasteiger partial charge < -0.3 is 19.5 Å². The molecule has 1 aromatic rings. The number of amides is 1. The highest BCUT2D eigenvalue weighted by Gasteiger charge is 2.33. The smallest absolute Gasteiger partial charge is 0.407 e. The molecule has 0 bridgehead atoms. The van der Waals surface area contributed by atoms with Crippen molar-refractivity contribution >= 4 is 12.1 Å². The van der Waals surface area contributed by atoms with E-state index in [1.54, 1.807) is 20.8 Å². The summed E-state index contributed by atoms with van der Waals surface area (Å²) < 4.78 is 42.6. The highest BCUT2D eigenvalue weighted by molar-refractivity contribution is 5.93. The van der Waals surface area contributed by atoms with Crippen molar-refractivity contribution in [2.24, 2.45) is 0 Å². The molecule has 8 heteroatoms. The van der Waals surface area contributed by atoms with E-state index in [-0.39, 0.29) is 18.7 Å². The van der Waals surface area contributed by atoms with Crippen LogP contribution in [0.25, 0.3) is 0 Å². The minimum atomic E-state index is -1.32. The Labute approximate surface area is 138 Å². The molecule has 0 aromatic heterocycles. The van der Waals surface area contributed by atoms with Gasteiger partial charge in [-0.15, -0.1) is 0 Å². The topological polar surface area (TPSA) is 73.9 Å². The van der Waals surface area contributed by atoms with E-state index in [9.17, 15) is 18.4 Å². The molecule has 1 amide bonds. The molecule has 0 saturated carbocycles. The zero-order valence-corrected chi connectivity index (χ0v) is 13.9. The molecule has 1 N–H and O–H groups in total. The molecule has 1 aliphatic heterocycles. The van der Waals surface area contributed by atoms with E-state index < -0.39 is 41.0 Å². The summed E-state index contributed by atoms with van der Waals surface area (Å²) in [5, 5.41) is 2.52. The Kier molecular flexibility index (Phi) is 4.96. The molecule has 1 heterocycles. The van der Waals surface area contributed by atoms with Crippen LogP contribution in [-0.2, 0) is 15.9 Å². The van der Waals surface area contributed by atoms with Gasteiger partial charge >= 0.3 is 12.1 Å². The summed E-state index contributed by atoms with van der Waals surface area (Å²) >= 11 is 0. The first-order valence-corrected chi connectivity index (χ1v) is 7.35.